The van der Waals surface area contributed by atoms with Crippen LogP contribution < -0.4 is 5.32 Å². The maximum atomic E-state index is 14.0. The summed E-state index contributed by atoms with van der Waals surface area (Å²) in [6.45, 7) is 7.38. The zero-order valence-corrected chi connectivity index (χ0v) is 11.0. The molecule has 0 bridgehead atoms. The second-order valence-electron chi connectivity index (χ2n) is 4.48. The number of rotatable bonds is 4. The first kappa shape index (κ1) is 12.8. The Morgan fingerprint density at radius 3 is 2.67 bits per heavy atom. The fraction of sp³-hybridized carbons (Fsp3) is 0.333. The Morgan fingerprint density at radius 2 is 2.00 bits per heavy atom. The van der Waals surface area contributed by atoms with Gasteiger partial charge in [0.2, 0.25) is 0 Å². The summed E-state index contributed by atoms with van der Waals surface area (Å²) < 4.78 is 19.7. The summed E-state index contributed by atoms with van der Waals surface area (Å²) in [4.78, 5) is 0. The van der Waals surface area contributed by atoms with Crippen molar-refractivity contribution in [3.8, 4) is 11.3 Å². The van der Waals surface area contributed by atoms with Gasteiger partial charge in [0, 0.05) is 0 Å². The van der Waals surface area contributed by atoms with Gasteiger partial charge >= 0.3 is 0 Å². The first-order valence-corrected chi connectivity index (χ1v) is 6.18. The molecule has 1 N–H and O–H groups in total. The molecule has 0 aliphatic carbocycles. The lowest BCUT2D eigenvalue weighted by Crippen LogP contribution is -2.10. The zero-order chi connectivity index (χ0) is 13.1. The van der Waals surface area contributed by atoms with Crippen molar-refractivity contribution in [2.24, 2.45) is 0 Å². The van der Waals surface area contributed by atoms with E-state index in [-0.39, 0.29) is 5.82 Å². The Kier molecular flexibility index (Phi) is 3.82. The predicted octanol–water partition coefficient (Wildman–Crippen LogP) is 3.81. The lowest BCUT2D eigenvalue weighted by molar-refractivity contribution is 0.494. The number of benzene rings is 1. The number of furan rings is 1. The molecule has 2 aromatic rings. The van der Waals surface area contributed by atoms with Crippen LogP contribution >= 0.6 is 0 Å². The third-order valence-corrected chi connectivity index (χ3v) is 2.89. The van der Waals surface area contributed by atoms with Crippen LogP contribution in [-0.4, -0.2) is 6.54 Å². The van der Waals surface area contributed by atoms with Gasteiger partial charge in [0.1, 0.15) is 17.3 Å². The molecular weight excluding hydrogens is 229 g/mol. The summed E-state index contributed by atoms with van der Waals surface area (Å²) in [7, 11) is 0. The van der Waals surface area contributed by atoms with Crippen LogP contribution in [0.1, 0.15) is 23.8 Å². The average Bonchev–Trinajstić information content (AvgIpc) is 2.73. The lowest BCUT2D eigenvalue weighted by Gasteiger charge is -2.06. The number of aryl methyl sites for hydroxylation is 2. The number of hydrogen-bond donors (Lipinski definition) is 1. The Balaban J connectivity index is 2.34. The van der Waals surface area contributed by atoms with Crippen molar-refractivity contribution in [1.29, 1.82) is 0 Å². The van der Waals surface area contributed by atoms with E-state index in [1.807, 2.05) is 39.0 Å². The highest BCUT2D eigenvalue weighted by Crippen LogP contribution is 2.29. The van der Waals surface area contributed by atoms with Crippen molar-refractivity contribution < 1.29 is 8.81 Å². The topological polar surface area (TPSA) is 25.2 Å². The Morgan fingerprint density at radius 1 is 1.22 bits per heavy atom. The normalized spacial score (nSPS) is 10.9. The Bertz CT molecular complexity index is 522. The maximum absolute atomic E-state index is 14.0. The molecule has 0 aliphatic heterocycles. The lowest BCUT2D eigenvalue weighted by atomic mass is 10.0. The Hall–Kier alpha value is -1.61. The first-order valence-electron chi connectivity index (χ1n) is 6.18. The largest absolute Gasteiger partial charge is 0.460 e. The van der Waals surface area contributed by atoms with E-state index < -0.39 is 0 Å². The molecule has 0 spiro atoms. The van der Waals surface area contributed by atoms with E-state index in [0.717, 1.165) is 23.4 Å². The van der Waals surface area contributed by atoms with Gasteiger partial charge in [-0.05, 0) is 49.7 Å². The molecule has 0 aliphatic rings. The van der Waals surface area contributed by atoms with Crippen molar-refractivity contribution in [3.05, 3.63) is 47.0 Å². The minimum absolute atomic E-state index is 0.225. The first-order chi connectivity index (χ1) is 8.61. The van der Waals surface area contributed by atoms with Gasteiger partial charge in [0.05, 0.1) is 12.1 Å². The van der Waals surface area contributed by atoms with Gasteiger partial charge in [0.15, 0.2) is 0 Å². The second-order valence-corrected chi connectivity index (χ2v) is 4.48. The molecule has 1 heterocycles. The third-order valence-electron chi connectivity index (χ3n) is 2.89. The minimum Gasteiger partial charge on any atom is -0.460 e. The van der Waals surface area contributed by atoms with E-state index in [4.69, 9.17) is 4.42 Å². The molecule has 18 heavy (non-hydrogen) atoms. The summed E-state index contributed by atoms with van der Waals surface area (Å²) in [5.41, 5.74) is 2.38. The molecule has 0 amide bonds. The standard InChI is InChI=1S/C15H18FNO/c1-4-17-9-12-5-6-14(18-12)15-11(3)7-10(2)8-13(15)16/h5-8,17H,4,9H2,1-3H3. The predicted molar refractivity (Wildman–Crippen MR) is 71.0 cm³/mol. The molecule has 0 saturated heterocycles. The van der Waals surface area contributed by atoms with E-state index in [1.165, 1.54) is 6.07 Å². The third kappa shape index (κ3) is 2.62. The summed E-state index contributed by atoms with van der Waals surface area (Å²) in [6.07, 6.45) is 0. The number of nitrogens with one attached hydrogen (secondary N) is 1. The number of hydrogen-bond acceptors (Lipinski definition) is 2. The monoisotopic (exact) mass is 247 g/mol. The van der Waals surface area contributed by atoms with Gasteiger partial charge in [-0.2, -0.15) is 0 Å². The highest BCUT2D eigenvalue weighted by Gasteiger charge is 2.13. The summed E-state index contributed by atoms with van der Waals surface area (Å²) in [5, 5.41) is 3.18. The minimum atomic E-state index is -0.225. The molecule has 0 fully saturated rings. The van der Waals surface area contributed by atoms with Crippen LogP contribution in [0.3, 0.4) is 0 Å². The van der Waals surface area contributed by atoms with Crippen LogP contribution in [0.25, 0.3) is 11.3 Å². The Labute approximate surface area is 107 Å². The van der Waals surface area contributed by atoms with Crippen molar-refractivity contribution >= 4 is 0 Å². The molecule has 2 nitrogen and oxygen atoms in total. The van der Waals surface area contributed by atoms with Crippen molar-refractivity contribution in [3.63, 3.8) is 0 Å². The van der Waals surface area contributed by atoms with Gasteiger partial charge in [-0.15, -0.1) is 0 Å². The molecule has 3 heteroatoms. The fourth-order valence-corrected chi connectivity index (χ4v) is 2.08. The van der Waals surface area contributed by atoms with Gasteiger partial charge in [-0.25, -0.2) is 4.39 Å². The molecule has 0 radical (unpaired) electrons. The zero-order valence-electron chi connectivity index (χ0n) is 11.0. The van der Waals surface area contributed by atoms with Gasteiger partial charge in [-0.1, -0.05) is 13.0 Å². The molecule has 0 unspecified atom stereocenters. The van der Waals surface area contributed by atoms with Gasteiger partial charge < -0.3 is 9.73 Å². The highest BCUT2D eigenvalue weighted by atomic mass is 19.1. The molecule has 0 saturated carbocycles. The van der Waals surface area contributed by atoms with Crippen LogP contribution in [0.2, 0.25) is 0 Å². The quantitative estimate of drug-likeness (QED) is 0.888. The molecule has 2 rings (SSSR count). The summed E-state index contributed by atoms with van der Waals surface area (Å²) in [6, 6.07) is 7.21. The summed E-state index contributed by atoms with van der Waals surface area (Å²) in [5.74, 6) is 1.20. The molecule has 96 valence electrons. The molecule has 1 aromatic carbocycles. The maximum Gasteiger partial charge on any atom is 0.137 e. The average molecular weight is 247 g/mol. The van der Waals surface area contributed by atoms with Crippen LogP contribution in [0.15, 0.2) is 28.7 Å². The van der Waals surface area contributed by atoms with Crippen molar-refractivity contribution in [2.75, 3.05) is 6.54 Å². The smallest absolute Gasteiger partial charge is 0.137 e. The van der Waals surface area contributed by atoms with Crippen molar-refractivity contribution in [2.45, 2.75) is 27.3 Å². The van der Waals surface area contributed by atoms with E-state index in [0.29, 0.717) is 17.9 Å². The van der Waals surface area contributed by atoms with Crippen LogP contribution in [0.5, 0.6) is 0 Å². The SMILES string of the molecule is CCNCc1ccc(-c2c(C)cc(C)cc2F)o1. The van der Waals surface area contributed by atoms with Crippen LogP contribution in [0, 0.1) is 19.7 Å². The molecule has 0 atom stereocenters. The van der Waals surface area contributed by atoms with Crippen molar-refractivity contribution in [1.82, 2.24) is 5.32 Å². The van der Waals surface area contributed by atoms with Gasteiger partial charge in [0.25, 0.3) is 0 Å². The molecular formula is C15H18FNO. The van der Waals surface area contributed by atoms with E-state index in [1.54, 1.807) is 0 Å². The second kappa shape index (κ2) is 5.36. The molecule has 1 aromatic heterocycles. The fourth-order valence-electron chi connectivity index (χ4n) is 2.08. The van der Waals surface area contributed by atoms with Crippen LogP contribution in [0.4, 0.5) is 4.39 Å². The van der Waals surface area contributed by atoms with E-state index in [2.05, 4.69) is 5.32 Å². The van der Waals surface area contributed by atoms with E-state index in [9.17, 15) is 4.39 Å². The number of halogens is 1. The van der Waals surface area contributed by atoms with Gasteiger partial charge in [-0.3, -0.25) is 0 Å². The van der Waals surface area contributed by atoms with Crippen LogP contribution in [-0.2, 0) is 6.54 Å². The summed E-state index contributed by atoms with van der Waals surface area (Å²) >= 11 is 0. The highest BCUT2D eigenvalue weighted by molar-refractivity contribution is 5.63. The van der Waals surface area contributed by atoms with E-state index >= 15 is 0 Å².